The molecule has 0 aliphatic heterocycles. The molecular formula is C14H18O3. The zero-order valence-electron chi connectivity index (χ0n) is 9.84. The number of carboxylic acids is 1. The topological polar surface area (TPSA) is 46.5 Å². The first-order valence-corrected chi connectivity index (χ1v) is 6.13. The Hall–Kier alpha value is -1.35. The lowest BCUT2D eigenvalue weighted by molar-refractivity contribution is -0.139. The average molecular weight is 234 g/mol. The van der Waals surface area contributed by atoms with Crippen molar-refractivity contribution in [2.24, 2.45) is 5.92 Å². The van der Waals surface area contributed by atoms with Gasteiger partial charge in [-0.3, -0.25) is 4.79 Å². The molecule has 2 atom stereocenters. The van der Waals surface area contributed by atoms with E-state index in [0.29, 0.717) is 6.61 Å². The number of aliphatic carboxylic acids is 1. The van der Waals surface area contributed by atoms with E-state index in [0.717, 1.165) is 24.8 Å². The number of rotatable bonds is 5. The Morgan fingerprint density at radius 2 is 2.06 bits per heavy atom. The number of ether oxygens (including phenoxy) is 1. The summed E-state index contributed by atoms with van der Waals surface area (Å²) >= 11 is 0. The zero-order valence-corrected chi connectivity index (χ0v) is 9.84. The molecule has 92 valence electrons. The molecule has 0 saturated heterocycles. The zero-order chi connectivity index (χ0) is 12.1. The molecule has 0 amide bonds. The van der Waals surface area contributed by atoms with Gasteiger partial charge in [0, 0.05) is 0 Å². The van der Waals surface area contributed by atoms with Crippen LogP contribution in [0.4, 0.5) is 0 Å². The van der Waals surface area contributed by atoms with Gasteiger partial charge in [-0.2, -0.15) is 0 Å². The molecule has 1 N–H and O–H groups in total. The van der Waals surface area contributed by atoms with Gasteiger partial charge in [-0.25, -0.2) is 0 Å². The first-order chi connectivity index (χ1) is 8.25. The largest absolute Gasteiger partial charge is 0.481 e. The average Bonchev–Trinajstić information content (AvgIpc) is 2.74. The summed E-state index contributed by atoms with van der Waals surface area (Å²) in [5.41, 5.74) is 1.15. The minimum absolute atomic E-state index is 0.117. The maximum absolute atomic E-state index is 10.7. The van der Waals surface area contributed by atoms with Crippen molar-refractivity contribution in [1.82, 2.24) is 0 Å². The predicted molar refractivity (Wildman–Crippen MR) is 64.6 cm³/mol. The van der Waals surface area contributed by atoms with Gasteiger partial charge in [0.15, 0.2) is 0 Å². The Balaban J connectivity index is 1.84. The number of carbonyl (C=O) groups is 1. The molecule has 1 aromatic carbocycles. The lowest BCUT2D eigenvalue weighted by Crippen LogP contribution is -2.20. The second kappa shape index (κ2) is 5.82. The molecule has 0 spiro atoms. The molecule has 17 heavy (non-hydrogen) atoms. The van der Waals surface area contributed by atoms with Gasteiger partial charge in [-0.1, -0.05) is 36.8 Å². The standard InChI is InChI=1S/C14H18O3/c15-14(16)9-12-7-4-8-13(12)17-10-11-5-2-1-3-6-11/h1-3,5-6,12-13H,4,7-10H2,(H,15,16). The van der Waals surface area contributed by atoms with Crippen molar-refractivity contribution >= 4 is 5.97 Å². The summed E-state index contributed by atoms with van der Waals surface area (Å²) < 4.78 is 5.84. The van der Waals surface area contributed by atoms with Gasteiger partial charge in [0.05, 0.1) is 19.1 Å². The molecular weight excluding hydrogens is 216 g/mol. The molecule has 0 radical (unpaired) electrons. The van der Waals surface area contributed by atoms with E-state index in [2.05, 4.69) is 0 Å². The van der Waals surface area contributed by atoms with E-state index in [9.17, 15) is 4.79 Å². The summed E-state index contributed by atoms with van der Waals surface area (Å²) in [6, 6.07) is 10.0. The van der Waals surface area contributed by atoms with Gasteiger partial charge in [0.1, 0.15) is 0 Å². The molecule has 2 rings (SSSR count). The molecule has 2 unspecified atom stereocenters. The second-order valence-electron chi connectivity index (χ2n) is 4.62. The summed E-state index contributed by atoms with van der Waals surface area (Å²) in [7, 11) is 0. The highest BCUT2D eigenvalue weighted by Gasteiger charge is 2.29. The van der Waals surface area contributed by atoms with Crippen molar-refractivity contribution in [3.63, 3.8) is 0 Å². The fraction of sp³-hybridized carbons (Fsp3) is 0.500. The van der Waals surface area contributed by atoms with Crippen LogP contribution in [-0.2, 0) is 16.1 Å². The predicted octanol–water partition coefficient (Wildman–Crippen LogP) is 2.85. The van der Waals surface area contributed by atoms with Gasteiger partial charge in [0.25, 0.3) is 0 Å². The fourth-order valence-corrected chi connectivity index (χ4v) is 2.46. The monoisotopic (exact) mass is 234 g/mol. The highest BCUT2D eigenvalue weighted by atomic mass is 16.5. The number of hydrogen-bond donors (Lipinski definition) is 1. The van der Waals surface area contributed by atoms with E-state index in [1.807, 2.05) is 30.3 Å². The normalized spacial score (nSPS) is 23.8. The van der Waals surface area contributed by atoms with Crippen LogP contribution in [0.5, 0.6) is 0 Å². The Labute approximate surface area is 101 Å². The van der Waals surface area contributed by atoms with Crippen molar-refractivity contribution in [1.29, 1.82) is 0 Å². The molecule has 0 bridgehead atoms. The number of hydrogen-bond acceptors (Lipinski definition) is 2. The fourth-order valence-electron chi connectivity index (χ4n) is 2.46. The summed E-state index contributed by atoms with van der Waals surface area (Å²) in [5.74, 6) is -0.526. The van der Waals surface area contributed by atoms with Crippen molar-refractivity contribution in [2.75, 3.05) is 0 Å². The third-order valence-electron chi connectivity index (χ3n) is 3.33. The molecule has 1 aromatic rings. The molecule has 0 heterocycles. The summed E-state index contributed by atoms with van der Waals surface area (Å²) in [6.45, 7) is 0.585. The molecule has 3 heteroatoms. The SMILES string of the molecule is O=C(O)CC1CCCC1OCc1ccccc1. The molecule has 0 aromatic heterocycles. The second-order valence-corrected chi connectivity index (χ2v) is 4.62. The summed E-state index contributed by atoms with van der Waals surface area (Å²) in [4.78, 5) is 10.7. The Kier molecular flexibility index (Phi) is 4.15. The van der Waals surface area contributed by atoms with E-state index in [1.165, 1.54) is 0 Å². The molecule has 1 aliphatic rings. The number of benzene rings is 1. The van der Waals surface area contributed by atoms with Crippen LogP contribution in [0.3, 0.4) is 0 Å². The smallest absolute Gasteiger partial charge is 0.303 e. The van der Waals surface area contributed by atoms with Gasteiger partial charge >= 0.3 is 5.97 Å². The third-order valence-corrected chi connectivity index (χ3v) is 3.33. The summed E-state index contributed by atoms with van der Waals surface area (Å²) in [6.07, 6.45) is 3.40. The van der Waals surface area contributed by atoms with Crippen LogP contribution in [0.1, 0.15) is 31.2 Å². The van der Waals surface area contributed by atoms with Gasteiger partial charge in [0.2, 0.25) is 0 Å². The molecule has 1 saturated carbocycles. The third kappa shape index (κ3) is 3.56. The van der Waals surface area contributed by atoms with Crippen LogP contribution in [0.2, 0.25) is 0 Å². The minimum atomic E-state index is -0.717. The lowest BCUT2D eigenvalue weighted by atomic mass is 10.0. The minimum Gasteiger partial charge on any atom is -0.481 e. The van der Waals surface area contributed by atoms with E-state index in [1.54, 1.807) is 0 Å². The van der Waals surface area contributed by atoms with Crippen molar-refractivity contribution < 1.29 is 14.6 Å². The quantitative estimate of drug-likeness (QED) is 0.852. The van der Waals surface area contributed by atoms with Crippen LogP contribution in [-0.4, -0.2) is 17.2 Å². The van der Waals surface area contributed by atoms with Crippen LogP contribution in [0.15, 0.2) is 30.3 Å². The molecule has 1 aliphatic carbocycles. The molecule has 3 nitrogen and oxygen atoms in total. The van der Waals surface area contributed by atoms with E-state index in [-0.39, 0.29) is 18.4 Å². The van der Waals surface area contributed by atoms with Crippen molar-refractivity contribution in [3.8, 4) is 0 Å². The van der Waals surface area contributed by atoms with E-state index < -0.39 is 5.97 Å². The highest BCUT2D eigenvalue weighted by molar-refractivity contribution is 5.67. The Morgan fingerprint density at radius 3 is 2.76 bits per heavy atom. The van der Waals surface area contributed by atoms with Crippen molar-refractivity contribution in [3.05, 3.63) is 35.9 Å². The summed E-state index contributed by atoms with van der Waals surface area (Å²) in [5, 5.41) is 8.82. The first-order valence-electron chi connectivity index (χ1n) is 6.13. The first kappa shape index (κ1) is 12.1. The van der Waals surface area contributed by atoms with E-state index in [4.69, 9.17) is 9.84 Å². The van der Waals surface area contributed by atoms with Gasteiger partial charge < -0.3 is 9.84 Å². The van der Waals surface area contributed by atoms with Crippen LogP contribution < -0.4 is 0 Å². The maximum Gasteiger partial charge on any atom is 0.303 e. The van der Waals surface area contributed by atoms with E-state index >= 15 is 0 Å². The Bertz CT molecular complexity index is 361. The lowest BCUT2D eigenvalue weighted by Gasteiger charge is -2.18. The van der Waals surface area contributed by atoms with Crippen LogP contribution in [0, 0.1) is 5.92 Å². The van der Waals surface area contributed by atoms with Crippen molar-refractivity contribution in [2.45, 2.75) is 38.4 Å². The van der Waals surface area contributed by atoms with Crippen LogP contribution in [0.25, 0.3) is 0 Å². The van der Waals surface area contributed by atoms with Gasteiger partial charge in [-0.05, 0) is 24.3 Å². The number of carboxylic acid groups (broad SMARTS) is 1. The molecule has 1 fully saturated rings. The van der Waals surface area contributed by atoms with Crippen LogP contribution >= 0.6 is 0 Å². The highest BCUT2D eigenvalue weighted by Crippen LogP contribution is 2.31. The Morgan fingerprint density at radius 1 is 1.29 bits per heavy atom. The van der Waals surface area contributed by atoms with Gasteiger partial charge in [-0.15, -0.1) is 0 Å². The maximum atomic E-state index is 10.7.